The second-order valence-electron chi connectivity index (χ2n) is 7.30. The summed E-state index contributed by atoms with van der Waals surface area (Å²) in [7, 11) is 0. The number of nitrogens with one attached hydrogen (secondary N) is 3. The molecule has 3 N–H and O–H groups in total. The molecule has 0 spiro atoms. The van der Waals surface area contributed by atoms with Gasteiger partial charge in [-0.05, 0) is 42.5 Å². The highest BCUT2D eigenvalue weighted by molar-refractivity contribution is 5.95. The Hall–Kier alpha value is -3.35. The van der Waals surface area contributed by atoms with E-state index in [1.54, 1.807) is 38.1 Å². The van der Waals surface area contributed by atoms with Gasteiger partial charge < -0.3 is 20.7 Å². The monoisotopic (exact) mass is 411 g/mol. The molecule has 2 aromatic rings. The largest absolute Gasteiger partial charge is 0.454 e. The van der Waals surface area contributed by atoms with Gasteiger partial charge in [-0.25, -0.2) is 9.59 Å². The second kappa shape index (κ2) is 11.0. The van der Waals surface area contributed by atoms with Crippen LogP contribution in [0, 0.1) is 12.8 Å². The van der Waals surface area contributed by atoms with E-state index in [1.807, 2.05) is 38.1 Å². The molecule has 0 unspecified atom stereocenters. The highest BCUT2D eigenvalue weighted by Crippen LogP contribution is 2.21. The van der Waals surface area contributed by atoms with E-state index in [1.165, 1.54) is 0 Å². The van der Waals surface area contributed by atoms with Crippen LogP contribution < -0.4 is 16.0 Å². The number of anilines is 2. The highest BCUT2D eigenvalue weighted by Gasteiger charge is 2.26. The van der Waals surface area contributed by atoms with Gasteiger partial charge in [-0.2, -0.15) is 0 Å². The van der Waals surface area contributed by atoms with Gasteiger partial charge in [-0.3, -0.25) is 4.79 Å². The summed E-state index contributed by atoms with van der Waals surface area (Å²) in [6, 6.07) is 13.3. The van der Waals surface area contributed by atoms with E-state index < -0.39 is 30.6 Å². The van der Waals surface area contributed by atoms with Crippen LogP contribution in [-0.2, 0) is 20.7 Å². The molecule has 0 fully saturated rings. The van der Waals surface area contributed by atoms with E-state index in [-0.39, 0.29) is 5.92 Å². The third-order valence-corrected chi connectivity index (χ3v) is 4.59. The van der Waals surface area contributed by atoms with Crippen LogP contribution in [0.3, 0.4) is 0 Å². The Labute approximate surface area is 177 Å². The molecule has 0 aliphatic heterocycles. The topological polar surface area (TPSA) is 96.5 Å². The molecular formula is C23H29N3O4. The van der Waals surface area contributed by atoms with Crippen molar-refractivity contribution < 1.29 is 19.1 Å². The fraction of sp³-hybridized carbons (Fsp3) is 0.348. The first-order chi connectivity index (χ1) is 14.3. The highest BCUT2D eigenvalue weighted by atomic mass is 16.5. The quantitative estimate of drug-likeness (QED) is 0.574. The minimum atomic E-state index is -0.883. The molecule has 3 amide bonds. The van der Waals surface area contributed by atoms with Gasteiger partial charge in [0.25, 0.3) is 5.91 Å². The first-order valence-corrected chi connectivity index (χ1v) is 9.99. The summed E-state index contributed by atoms with van der Waals surface area (Å²) in [5.74, 6) is -1.31. The van der Waals surface area contributed by atoms with Crippen molar-refractivity contribution in [2.45, 2.75) is 40.2 Å². The molecule has 0 radical (unpaired) electrons. The first-order valence-electron chi connectivity index (χ1n) is 9.99. The van der Waals surface area contributed by atoms with Gasteiger partial charge in [-0.1, -0.05) is 57.2 Å². The molecule has 160 valence electrons. The molecule has 0 saturated heterocycles. The Morgan fingerprint density at radius 2 is 1.67 bits per heavy atom. The maximum absolute atomic E-state index is 12.5. The van der Waals surface area contributed by atoms with Crippen molar-refractivity contribution in [3.8, 4) is 0 Å². The predicted molar refractivity (Wildman–Crippen MR) is 117 cm³/mol. The van der Waals surface area contributed by atoms with Crippen LogP contribution in [-0.4, -0.2) is 30.6 Å². The predicted octanol–water partition coefficient (Wildman–Crippen LogP) is 3.89. The second-order valence-corrected chi connectivity index (χ2v) is 7.30. The van der Waals surface area contributed by atoms with Crippen LogP contribution in [0.1, 0.15) is 31.9 Å². The van der Waals surface area contributed by atoms with E-state index in [4.69, 9.17) is 4.74 Å². The standard InChI is InChI=1S/C23H29N3O4/c1-5-17-11-9-10-16(4)21(17)25-19(27)14-30-22(28)20(15(2)3)26-23(29)24-18-12-7-6-8-13-18/h6-13,15,20H,5,14H2,1-4H3,(H,25,27)(H2,24,26,29)/t20-/m1/s1. The number of carbonyl (C=O) groups excluding carboxylic acids is 3. The number of rotatable bonds is 8. The molecule has 1 atom stereocenters. The number of hydrogen-bond donors (Lipinski definition) is 3. The normalized spacial score (nSPS) is 11.5. The number of urea groups is 1. The van der Waals surface area contributed by atoms with Crippen LogP contribution in [0.2, 0.25) is 0 Å². The lowest BCUT2D eigenvalue weighted by Crippen LogP contribution is -2.47. The number of benzene rings is 2. The van der Waals surface area contributed by atoms with Crippen molar-refractivity contribution in [3.63, 3.8) is 0 Å². The summed E-state index contributed by atoms with van der Waals surface area (Å²) in [5.41, 5.74) is 3.29. The van der Waals surface area contributed by atoms with E-state index in [9.17, 15) is 14.4 Å². The lowest BCUT2D eigenvalue weighted by atomic mass is 10.1. The number of ether oxygens (including phenoxy) is 1. The molecule has 30 heavy (non-hydrogen) atoms. The first kappa shape index (κ1) is 22.9. The molecule has 0 aliphatic carbocycles. The van der Waals surface area contributed by atoms with Crippen LogP contribution >= 0.6 is 0 Å². The van der Waals surface area contributed by atoms with Gasteiger partial charge in [0.2, 0.25) is 0 Å². The van der Waals surface area contributed by atoms with E-state index in [0.29, 0.717) is 5.69 Å². The number of carbonyl (C=O) groups is 3. The molecule has 7 nitrogen and oxygen atoms in total. The molecule has 0 heterocycles. The summed E-state index contributed by atoms with van der Waals surface area (Å²) < 4.78 is 5.17. The SMILES string of the molecule is CCc1cccc(C)c1NC(=O)COC(=O)[C@H](NC(=O)Nc1ccccc1)C(C)C. The van der Waals surface area contributed by atoms with E-state index in [0.717, 1.165) is 23.2 Å². The van der Waals surface area contributed by atoms with Gasteiger partial charge in [0.05, 0.1) is 0 Å². The average molecular weight is 412 g/mol. The van der Waals surface area contributed by atoms with E-state index in [2.05, 4.69) is 16.0 Å². The summed E-state index contributed by atoms with van der Waals surface area (Å²) in [5, 5.41) is 8.08. The van der Waals surface area contributed by atoms with Crippen molar-refractivity contribution in [1.29, 1.82) is 0 Å². The Morgan fingerprint density at radius 1 is 0.967 bits per heavy atom. The van der Waals surface area contributed by atoms with Crippen LogP contribution in [0.5, 0.6) is 0 Å². The third kappa shape index (κ3) is 6.62. The smallest absolute Gasteiger partial charge is 0.329 e. The fourth-order valence-corrected chi connectivity index (χ4v) is 2.93. The summed E-state index contributed by atoms with van der Waals surface area (Å²) in [6.45, 7) is 7.06. The van der Waals surface area contributed by atoms with Gasteiger partial charge in [0, 0.05) is 11.4 Å². The van der Waals surface area contributed by atoms with Crippen LogP contribution in [0.15, 0.2) is 48.5 Å². The lowest BCUT2D eigenvalue weighted by Gasteiger charge is -2.21. The molecule has 0 aromatic heterocycles. The zero-order valence-corrected chi connectivity index (χ0v) is 17.8. The summed E-state index contributed by atoms with van der Waals surface area (Å²) in [4.78, 5) is 37.0. The van der Waals surface area contributed by atoms with Gasteiger partial charge >= 0.3 is 12.0 Å². The Balaban J connectivity index is 1.92. The molecule has 0 aliphatic rings. The van der Waals surface area contributed by atoms with Crippen molar-refractivity contribution >= 4 is 29.3 Å². The number of hydrogen-bond acceptors (Lipinski definition) is 4. The Kier molecular flexibility index (Phi) is 8.41. The van der Waals surface area contributed by atoms with Crippen molar-refractivity contribution in [1.82, 2.24) is 5.32 Å². The number of amides is 3. The zero-order chi connectivity index (χ0) is 22.1. The molecule has 7 heteroatoms. The summed E-state index contributed by atoms with van der Waals surface area (Å²) in [6.07, 6.45) is 0.771. The molecule has 2 rings (SSSR count). The average Bonchev–Trinajstić information content (AvgIpc) is 2.72. The molecule has 0 bridgehead atoms. The zero-order valence-electron chi connectivity index (χ0n) is 17.8. The Morgan fingerprint density at radius 3 is 2.30 bits per heavy atom. The minimum Gasteiger partial charge on any atom is -0.454 e. The molecule has 2 aromatic carbocycles. The van der Waals surface area contributed by atoms with Crippen molar-refractivity contribution in [3.05, 3.63) is 59.7 Å². The van der Waals surface area contributed by atoms with Gasteiger partial charge in [0.15, 0.2) is 6.61 Å². The fourth-order valence-electron chi connectivity index (χ4n) is 2.93. The molecule has 0 saturated carbocycles. The number of aryl methyl sites for hydroxylation is 2. The van der Waals surface area contributed by atoms with Crippen LogP contribution in [0.25, 0.3) is 0 Å². The minimum absolute atomic E-state index is 0.217. The van der Waals surface area contributed by atoms with Gasteiger partial charge in [0.1, 0.15) is 6.04 Å². The van der Waals surface area contributed by atoms with E-state index >= 15 is 0 Å². The number of esters is 1. The van der Waals surface area contributed by atoms with Crippen molar-refractivity contribution in [2.75, 3.05) is 17.2 Å². The maximum Gasteiger partial charge on any atom is 0.329 e. The van der Waals surface area contributed by atoms with Crippen LogP contribution in [0.4, 0.5) is 16.2 Å². The van der Waals surface area contributed by atoms with Gasteiger partial charge in [-0.15, -0.1) is 0 Å². The Bertz CT molecular complexity index is 881. The third-order valence-electron chi connectivity index (χ3n) is 4.59. The maximum atomic E-state index is 12.5. The van der Waals surface area contributed by atoms with Crippen molar-refractivity contribution in [2.24, 2.45) is 5.92 Å². The molecular weight excluding hydrogens is 382 g/mol. The lowest BCUT2D eigenvalue weighted by molar-refractivity contribution is -0.150. The summed E-state index contributed by atoms with van der Waals surface area (Å²) >= 11 is 0. The number of para-hydroxylation sites is 2.